The zero-order valence-corrected chi connectivity index (χ0v) is 19.1. The summed E-state index contributed by atoms with van der Waals surface area (Å²) in [6, 6.07) is 0. The molecular formula is C23H31BrO5. The second-order valence-electron chi connectivity index (χ2n) is 10.3. The third-order valence-electron chi connectivity index (χ3n) is 9.08. The van der Waals surface area contributed by atoms with Crippen molar-refractivity contribution >= 4 is 39.2 Å². The van der Waals surface area contributed by atoms with Crippen LogP contribution >= 0.6 is 15.9 Å². The van der Waals surface area contributed by atoms with E-state index in [2.05, 4.69) is 29.8 Å². The number of hydrogen-bond acceptors (Lipinski definition) is 5. The predicted octanol–water partition coefficient (Wildman–Crippen LogP) is 3.90. The number of Topliss-reactive ketones (excluding diaryl/α,β-unsaturated/α-hetero) is 3. The average Bonchev–Trinajstić information content (AvgIpc) is 3.02. The zero-order chi connectivity index (χ0) is 21.1. The van der Waals surface area contributed by atoms with Gasteiger partial charge in [-0.25, -0.2) is 0 Å². The molecule has 0 aromatic rings. The van der Waals surface area contributed by atoms with Crippen LogP contribution in [0.2, 0.25) is 0 Å². The SMILES string of the molecule is CC(=O)OCC(=O)[C@H]1CC[C@H]2[C@@H]3CCC4CC(=O)CC[C@]4(C)[C@H]3C(=O)C(Br)[C@]12C. The van der Waals surface area contributed by atoms with Gasteiger partial charge in [-0.2, -0.15) is 0 Å². The minimum absolute atomic E-state index is 0.0286. The molecule has 0 amide bonds. The van der Waals surface area contributed by atoms with Crippen molar-refractivity contribution < 1.29 is 23.9 Å². The summed E-state index contributed by atoms with van der Waals surface area (Å²) < 4.78 is 4.99. The fourth-order valence-electron chi connectivity index (χ4n) is 7.59. The molecule has 0 saturated heterocycles. The van der Waals surface area contributed by atoms with E-state index in [0.717, 1.165) is 32.1 Å². The number of hydrogen-bond donors (Lipinski definition) is 0. The van der Waals surface area contributed by atoms with Gasteiger partial charge in [0.1, 0.15) is 12.4 Å². The molecule has 8 atom stereocenters. The quantitative estimate of drug-likeness (QED) is 0.465. The van der Waals surface area contributed by atoms with Crippen molar-refractivity contribution in [1.82, 2.24) is 0 Å². The molecule has 0 spiro atoms. The average molecular weight is 467 g/mol. The summed E-state index contributed by atoms with van der Waals surface area (Å²) in [4.78, 5) is 49.5. The Morgan fingerprint density at radius 2 is 1.86 bits per heavy atom. The Bertz CT molecular complexity index is 762. The maximum absolute atomic E-state index is 13.8. The molecular weight excluding hydrogens is 436 g/mol. The molecule has 29 heavy (non-hydrogen) atoms. The van der Waals surface area contributed by atoms with Crippen molar-refractivity contribution in [2.24, 2.45) is 40.4 Å². The highest BCUT2D eigenvalue weighted by Gasteiger charge is 2.67. The highest BCUT2D eigenvalue weighted by Crippen LogP contribution is 2.67. The Morgan fingerprint density at radius 3 is 2.55 bits per heavy atom. The van der Waals surface area contributed by atoms with Crippen molar-refractivity contribution in [2.75, 3.05) is 6.61 Å². The van der Waals surface area contributed by atoms with Gasteiger partial charge in [-0.1, -0.05) is 29.8 Å². The van der Waals surface area contributed by atoms with Crippen LogP contribution in [0.1, 0.15) is 65.7 Å². The number of esters is 1. The summed E-state index contributed by atoms with van der Waals surface area (Å²) in [6.45, 7) is 5.43. The molecule has 4 aliphatic carbocycles. The summed E-state index contributed by atoms with van der Waals surface area (Å²) in [5.74, 6) is 0.641. The van der Waals surface area contributed by atoms with E-state index in [0.29, 0.717) is 30.5 Å². The van der Waals surface area contributed by atoms with Crippen molar-refractivity contribution in [2.45, 2.75) is 70.5 Å². The third-order valence-corrected chi connectivity index (χ3v) is 10.5. The summed E-state index contributed by atoms with van der Waals surface area (Å²) in [7, 11) is 0. The largest absolute Gasteiger partial charge is 0.458 e. The molecule has 0 aromatic heterocycles. The van der Waals surface area contributed by atoms with Gasteiger partial charge in [0.2, 0.25) is 0 Å². The van der Waals surface area contributed by atoms with Crippen LogP contribution in [0.15, 0.2) is 0 Å². The van der Waals surface area contributed by atoms with Crippen molar-refractivity contribution in [1.29, 1.82) is 0 Å². The van der Waals surface area contributed by atoms with Crippen molar-refractivity contribution in [3.05, 3.63) is 0 Å². The summed E-state index contributed by atoms with van der Waals surface area (Å²) in [5.41, 5.74) is -0.551. The normalized spacial score (nSPS) is 46.5. The third kappa shape index (κ3) is 3.07. The Morgan fingerprint density at radius 1 is 1.14 bits per heavy atom. The number of rotatable bonds is 3. The van der Waals surface area contributed by atoms with Crippen LogP contribution in [0.3, 0.4) is 0 Å². The minimum atomic E-state index is -0.452. The molecule has 160 valence electrons. The Balaban J connectivity index is 1.64. The first-order valence-electron chi connectivity index (χ1n) is 11.0. The van der Waals surface area contributed by atoms with E-state index in [1.807, 2.05) is 0 Å². The number of carbonyl (C=O) groups is 4. The molecule has 2 unspecified atom stereocenters. The first-order chi connectivity index (χ1) is 13.6. The van der Waals surface area contributed by atoms with Crippen LogP contribution in [0.5, 0.6) is 0 Å². The van der Waals surface area contributed by atoms with Gasteiger partial charge in [0.25, 0.3) is 0 Å². The van der Waals surface area contributed by atoms with Crippen LogP contribution in [-0.2, 0) is 23.9 Å². The number of alkyl halides is 1. The van der Waals surface area contributed by atoms with E-state index >= 15 is 0 Å². The number of ketones is 3. The molecule has 4 rings (SSSR count). The van der Waals surface area contributed by atoms with E-state index in [1.54, 1.807) is 0 Å². The number of halogens is 1. The summed E-state index contributed by atoms with van der Waals surface area (Å²) >= 11 is 3.74. The standard InChI is InChI=1S/C23H31BrO5/c1-12(25)29-11-18(27)17-7-6-16-15-5-4-13-10-14(26)8-9-22(13,2)19(15)20(28)21(24)23(16,17)3/h13,15-17,19,21H,4-11H2,1-3H3/t13?,15-,16-,17+,19+,21?,22-,23-/m0/s1. The molecule has 6 heteroatoms. The molecule has 0 radical (unpaired) electrons. The van der Waals surface area contributed by atoms with Gasteiger partial charge in [-0.05, 0) is 60.7 Å². The fraction of sp³-hybridized carbons (Fsp3) is 0.826. The zero-order valence-electron chi connectivity index (χ0n) is 17.5. The van der Waals surface area contributed by atoms with Gasteiger partial charge in [0.15, 0.2) is 11.6 Å². The van der Waals surface area contributed by atoms with Gasteiger partial charge in [0.05, 0.1) is 4.83 Å². The molecule has 5 nitrogen and oxygen atoms in total. The van der Waals surface area contributed by atoms with Gasteiger partial charge >= 0.3 is 5.97 Å². The summed E-state index contributed by atoms with van der Waals surface area (Å²) in [6.07, 6.45) is 5.66. The Hall–Kier alpha value is -1.04. The monoisotopic (exact) mass is 466 g/mol. The highest BCUT2D eigenvalue weighted by molar-refractivity contribution is 9.10. The smallest absolute Gasteiger partial charge is 0.303 e. The summed E-state index contributed by atoms with van der Waals surface area (Å²) in [5, 5.41) is 0. The number of carbonyl (C=O) groups excluding carboxylic acids is 4. The predicted molar refractivity (Wildman–Crippen MR) is 110 cm³/mol. The van der Waals surface area contributed by atoms with Gasteiger partial charge in [-0.15, -0.1) is 0 Å². The van der Waals surface area contributed by atoms with E-state index in [-0.39, 0.29) is 46.2 Å². The topological polar surface area (TPSA) is 77.5 Å². The second kappa shape index (κ2) is 7.28. The number of ether oxygens (including phenoxy) is 1. The molecule has 0 N–H and O–H groups in total. The molecule has 4 saturated carbocycles. The maximum Gasteiger partial charge on any atom is 0.303 e. The molecule has 0 aliphatic heterocycles. The van der Waals surface area contributed by atoms with E-state index < -0.39 is 11.4 Å². The maximum atomic E-state index is 13.8. The molecule has 4 aliphatic rings. The molecule has 0 aromatic carbocycles. The van der Waals surface area contributed by atoms with Gasteiger partial charge in [0, 0.05) is 31.6 Å². The fourth-order valence-corrected chi connectivity index (χ4v) is 8.54. The van der Waals surface area contributed by atoms with E-state index in [4.69, 9.17) is 4.74 Å². The van der Waals surface area contributed by atoms with Crippen LogP contribution in [0.4, 0.5) is 0 Å². The lowest BCUT2D eigenvalue weighted by Gasteiger charge is -2.60. The molecule has 0 heterocycles. The van der Waals surface area contributed by atoms with E-state index in [9.17, 15) is 19.2 Å². The highest BCUT2D eigenvalue weighted by atomic mass is 79.9. The minimum Gasteiger partial charge on any atom is -0.458 e. The van der Waals surface area contributed by atoms with Crippen molar-refractivity contribution in [3.63, 3.8) is 0 Å². The van der Waals surface area contributed by atoms with Crippen LogP contribution in [0, 0.1) is 40.4 Å². The van der Waals surface area contributed by atoms with Crippen LogP contribution < -0.4 is 0 Å². The Labute approximate surface area is 180 Å². The van der Waals surface area contributed by atoms with Gasteiger partial charge < -0.3 is 4.74 Å². The van der Waals surface area contributed by atoms with Crippen LogP contribution in [0.25, 0.3) is 0 Å². The first-order valence-corrected chi connectivity index (χ1v) is 11.9. The number of fused-ring (bicyclic) bond motifs is 5. The van der Waals surface area contributed by atoms with E-state index in [1.165, 1.54) is 6.92 Å². The molecule has 4 fully saturated rings. The lowest BCUT2D eigenvalue weighted by Crippen LogP contribution is -2.62. The lowest BCUT2D eigenvalue weighted by molar-refractivity contribution is -0.161. The second-order valence-corrected chi connectivity index (χ2v) is 11.2. The Kier molecular flexibility index (Phi) is 5.32. The van der Waals surface area contributed by atoms with Gasteiger partial charge in [-0.3, -0.25) is 19.2 Å². The lowest BCUT2D eigenvalue weighted by atomic mass is 9.44. The first kappa shape index (κ1) is 21.2. The van der Waals surface area contributed by atoms with Crippen LogP contribution in [-0.4, -0.2) is 34.8 Å². The van der Waals surface area contributed by atoms with Crippen molar-refractivity contribution in [3.8, 4) is 0 Å². The molecule has 0 bridgehead atoms.